The number of hydrogen-bond acceptors (Lipinski definition) is 1. The second-order valence-corrected chi connectivity index (χ2v) is 5.98. The molecule has 2 aromatic carbocycles. The van der Waals surface area contributed by atoms with E-state index in [2.05, 4.69) is 40.8 Å². The van der Waals surface area contributed by atoms with Gasteiger partial charge in [-0.2, -0.15) is 0 Å². The maximum Gasteiger partial charge on any atom is 0.259 e. The van der Waals surface area contributed by atoms with Crippen LogP contribution >= 0.6 is 22.6 Å². The smallest absolute Gasteiger partial charge is 0.259 e. The third-order valence-electron chi connectivity index (χ3n) is 3.32. The molecule has 104 valence electrons. The minimum absolute atomic E-state index is 0.0613. The molecule has 0 aliphatic carbocycles. The summed E-state index contributed by atoms with van der Waals surface area (Å²) in [5.74, 6) is 0.0613. The molecule has 0 aliphatic rings. The Morgan fingerprint density at radius 2 is 1.85 bits per heavy atom. The Bertz CT molecular complexity index is 637. The van der Waals surface area contributed by atoms with Crippen LogP contribution in [0.4, 0.5) is 5.69 Å². The highest BCUT2D eigenvalue weighted by molar-refractivity contribution is 14.1. The van der Waals surface area contributed by atoms with Gasteiger partial charge in [0, 0.05) is 15.8 Å². The van der Waals surface area contributed by atoms with Gasteiger partial charge in [-0.05, 0) is 72.7 Å². The predicted molar refractivity (Wildman–Crippen MR) is 92.4 cm³/mol. The van der Waals surface area contributed by atoms with Crippen molar-refractivity contribution in [3.63, 3.8) is 0 Å². The SMILES string of the molecule is CCN(C(=O)c1ccccc1I)c1cc(C)ccc1C. The Morgan fingerprint density at radius 1 is 1.15 bits per heavy atom. The molecule has 0 spiro atoms. The lowest BCUT2D eigenvalue weighted by Crippen LogP contribution is -2.31. The molecule has 0 radical (unpaired) electrons. The molecule has 0 atom stereocenters. The quantitative estimate of drug-likeness (QED) is 0.716. The van der Waals surface area contributed by atoms with Gasteiger partial charge < -0.3 is 4.90 Å². The van der Waals surface area contributed by atoms with Crippen molar-refractivity contribution in [1.29, 1.82) is 0 Å². The topological polar surface area (TPSA) is 20.3 Å². The zero-order valence-electron chi connectivity index (χ0n) is 12.0. The molecule has 1 amide bonds. The summed E-state index contributed by atoms with van der Waals surface area (Å²) in [6.07, 6.45) is 0. The van der Waals surface area contributed by atoms with Crippen LogP contribution in [0.25, 0.3) is 0 Å². The summed E-state index contributed by atoms with van der Waals surface area (Å²) in [6.45, 7) is 6.76. The van der Waals surface area contributed by atoms with Crippen LogP contribution in [-0.2, 0) is 0 Å². The lowest BCUT2D eigenvalue weighted by atomic mass is 10.1. The molecule has 0 N–H and O–H groups in total. The third kappa shape index (κ3) is 3.03. The van der Waals surface area contributed by atoms with Gasteiger partial charge in [0.05, 0.1) is 5.56 Å². The van der Waals surface area contributed by atoms with Crippen molar-refractivity contribution in [3.05, 3.63) is 62.7 Å². The van der Waals surface area contributed by atoms with Crippen LogP contribution in [0.3, 0.4) is 0 Å². The van der Waals surface area contributed by atoms with Crippen molar-refractivity contribution in [1.82, 2.24) is 0 Å². The van der Waals surface area contributed by atoms with E-state index >= 15 is 0 Å². The summed E-state index contributed by atoms with van der Waals surface area (Å²) in [4.78, 5) is 14.6. The second-order valence-electron chi connectivity index (χ2n) is 4.82. The van der Waals surface area contributed by atoms with E-state index in [0.717, 1.165) is 20.4 Å². The molecule has 0 saturated heterocycles. The van der Waals surface area contributed by atoms with E-state index in [0.29, 0.717) is 6.54 Å². The Balaban J connectivity index is 2.45. The fraction of sp³-hybridized carbons (Fsp3) is 0.235. The van der Waals surface area contributed by atoms with Crippen molar-refractivity contribution in [2.24, 2.45) is 0 Å². The van der Waals surface area contributed by atoms with Crippen molar-refractivity contribution in [2.75, 3.05) is 11.4 Å². The van der Waals surface area contributed by atoms with E-state index in [1.165, 1.54) is 5.56 Å². The molecule has 0 heterocycles. The molecule has 0 saturated carbocycles. The van der Waals surface area contributed by atoms with Gasteiger partial charge in [0.2, 0.25) is 0 Å². The van der Waals surface area contributed by atoms with Gasteiger partial charge in [-0.15, -0.1) is 0 Å². The molecule has 2 nitrogen and oxygen atoms in total. The largest absolute Gasteiger partial charge is 0.308 e. The number of carbonyl (C=O) groups excluding carboxylic acids is 1. The zero-order valence-corrected chi connectivity index (χ0v) is 14.1. The number of benzene rings is 2. The summed E-state index contributed by atoms with van der Waals surface area (Å²) in [5.41, 5.74) is 4.05. The molecule has 3 heteroatoms. The first-order valence-corrected chi connectivity index (χ1v) is 7.76. The maximum atomic E-state index is 12.8. The zero-order chi connectivity index (χ0) is 14.7. The Morgan fingerprint density at radius 3 is 2.50 bits per heavy atom. The lowest BCUT2D eigenvalue weighted by Gasteiger charge is -2.24. The Labute approximate surface area is 133 Å². The third-order valence-corrected chi connectivity index (χ3v) is 4.26. The number of nitrogens with zero attached hydrogens (tertiary/aromatic N) is 1. The molecule has 2 aromatic rings. The van der Waals surface area contributed by atoms with Gasteiger partial charge in [-0.1, -0.05) is 24.3 Å². The number of amides is 1. The predicted octanol–water partition coefficient (Wildman–Crippen LogP) is 4.57. The molecule has 0 fully saturated rings. The van der Waals surface area contributed by atoms with E-state index in [-0.39, 0.29) is 5.91 Å². The number of halogens is 1. The van der Waals surface area contributed by atoms with E-state index in [9.17, 15) is 4.79 Å². The van der Waals surface area contributed by atoms with E-state index in [1.807, 2.05) is 49.9 Å². The van der Waals surface area contributed by atoms with Crippen molar-refractivity contribution >= 4 is 34.2 Å². The Kier molecular flexibility index (Phi) is 4.81. The summed E-state index contributed by atoms with van der Waals surface area (Å²) in [6, 6.07) is 13.9. The first-order chi connectivity index (χ1) is 9.54. The molecule has 0 aromatic heterocycles. The van der Waals surface area contributed by atoms with Crippen molar-refractivity contribution in [2.45, 2.75) is 20.8 Å². The van der Waals surface area contributed by atoms with Gasteiger partial charge in [0.15, 0.2) is 0 Å². The highest BCUT2D eigenvalue weighted by atomic mass is 127. The number of aryl methyl sites for hydroxylation is 2. The van der Waals surface area contributed by atoms with Crippen molar-refractivity contribution < 1.29 is 4.79 Å². The average Bonchev–Trinajstić information content (AvgIpc) is 2.44. The average molecular weight is 379 g/mol. The summed E-state index contributed by atoms with van der Waals surface area (Å²) >= 11 is 2.21. The second kappa shape index (κ2) is 6.39. The number of rotatable bonds is 3. The fourth-order valence-corrected chi connectivity index (χ4v) is 2.83. The minimum Gasteiger partial charge on any atom is -0.308 e. The van der Waals surface area contributed by atoms with Crippen LogP contribution in [0.1, 0.15) is 28.4 Å². The van der Waals surface area contributed by atoms with E-state index in [1.54, 1.807) is 0 Å². The highest BCUT2D eigenvalue weighted by Gasteiger charge is 2.19. The fourth-order valence-electron chi connectivity index (χ4n) is 2.21. The van der Waals surface area contributed by atoms with Crippen LogP contribution in [0.2, 0.25) is 0 Å². The van der Waals surface area contributed by atoms with Crippen LogP contribution in [0.5, 0.6) is 0 Å². The van der Waals surface area contributed by atoms with Crippen molar-refractivity contribution in [3.8, 4) is 0 Å². The minimum atomic E-state index is 0.0613. The van der Waals surface area contributed by atoms with Crippen LogP contribution < -0.4 is 4.90 Å². The van der Waals surface area contributed by atoms with Gasteiger partial charge >= 0.3 is 0 Å². The van der Waals surface area contributed by atoms with Gasteiger partial charge in [-0.3, -0.25) is 4.79 Å². The molecule has 0 aliphatic heterocycles. The van der Waals surface area contributed by atoms with E-state index in [4.69, 9.17) is 0 Å². The maximum absolute atomic E-state index is 12.8. The highest BCUT2D eigenvalue weighted by Crippen LogP contribution is 2.24. The Hall–Kier alpha value is -1.36. The van der Waals surface area contributed by atoms with Gasteiger partial charge in [0.25, 0.3) is 5.91 Å². The summed E-state index contributed by atoms with van der Waals surface area (Å²) in [5, 5.41) is 0. The summed E-state index contributed by atoms with van der Waals surface area (Å²) in [7, 11) is 0. The monoisotopic (exact) mass is 379 g/mol. The number of anilines is 1. The van der Waals surface area contributed by atoms with Crippen LogP contribution in [0.15, 0.2) is 42.5 Å². The molecule has 2 rings (SSSR count). The molecular formula is C17H18INO. The van der Waals surface area contributed by atoms with E-state index < -0.39 is 0 Å². The molecule has 20 heavy (non-hydrogen) atoms. The lowest BCUT2D eigenvalue weighted by molar-refractivity contribution is 0.0987. The van der Waals surface area contributed by atoms with Gasteiger partial charge in [0.1, 0.15) is 0 Å². The van der Waals surface area contributed by atoms with Gasteiger partial charge in [-0.25, -0.2) is 0 Å². The molecular weight excluding hydrogens is 361 g/mol. The van der Waals surface area contributed by atoms with Crippen LogP contribution in [0, 0.1) is 17.4 Å². The summed E-state index contributed by atoms with van der Waals surface area (Å²) < 4.78 is 0.985. The number of hydrogen-bond donors (Lipinski definition) is 0. The number of carbonyl (C=O) groups is 1. The first kappa shape index (κ1) is 15.0. The first-order valence-electron chi connectivity index (χ1n) is 6.68. The van der Waals surface area contributed by atoms with Crippen LogP contribution in [-0.4, -0.2) is 12.5 Å². The molecule has 0 unspecified atom stereocenters. The normalized spacial score (nSPS) is 10.4. The standard InChI is InChI=1S/C17H18INO/c1-4-19(16-11-12(2)9-10-13(16)3)17(20)14-7-5-6-8-15(14)18/h5-11H,4H2,1-3H3. The molecule has 0 bridgehead atoms.